The Balaban J connectivity index is 2.82. The molecule has 0 aliphatic carbocycles. The zero-order chi connectivity index (χ0) is 10.2. The third-order valence-corrected chi connectivity index (χ3v) is 2.08. The Hall–Kier alpha value is -0.280. The Morgan fingerprint density at radius 3 is 2.31 bits per heavy atom. The lowest BCUT2D eigenvalue weighted by atomic mass is 9.94. The van der Waals surface area contributed by atoms with Gasteiger partial charge in [-0.2, -0.15) is 0 Å². The van der Waals surface area contributed by atoms with E-state index in [2.05, 4.69) is 4.74 Å². The van der Waals surface area contributed by atoms with Crippen LogP contribution in [0.15, 0.2) is 0 Å². The molecule has 78 valence electrons. The molecule has 0 bridgehead atoms. The van der Waals surface area contributed by atoms with Crippen LogP contribution in [0, 0.1) is 0 Å². The molecule has 7 heteroatoms. The lowest BCUT2D eigenvalue weighted by Crippen LogP contribution is -2.70. The molecule has 1 heterocycles. The van der Waals surface area contributed by atoms with Crippen LogP contribution in [0.5, 0.6) is 0 Å². The van der Waals surface area contributed by atoms with Gasteiger partial charge in [-0.3, -0.25) is 0 Å². The van der Waals surface area contributed by atoms with Gasteiger partial charge in [-0.05, 0) is 0 Å². The zero-order valence-electron chi connectivity index (χ0n) is 6.74. The van der Waals surface area contributed by atoms with Crippen LogP contribution in [0.1, 0.15) is 0 Å². The summed E-state index contributed by atoms with van der Waals surface area (Å²) >= 11 is 0. The van der Waals surface area contributed by atoms with E-state index in [1.807, 2.05) is 0 Å². The van der Waals surface area contributed by atoms with E-state index in [1.54, 1.807) is 0 Å². The maximum atomic E-state index is 9.21. The van der Waals surface area contributed by atoms with E-state index in [9.17, 15) is 15.3 Å². The fourth-order valence-electron chi connectivity index (χ4n) is 1.16. The standard InChI is InChI=1S/C6H13NO6/c7-3-5(10)13-2(1-8)4(9)6(3,11)12/h2-5,8-12H,1,7H2/t2-,3+,4-,5?/m1/s1. The molecule has 4 atom stereocenters. The minimum absolute atomic E-state index is 0.645. The molecule has 1 saturated heterocycles. The van der Waals surface area contributed by atoms with Crippen LogP contribution in [0.3, 0.4) is 0 Å². The third kappa shape index (κ3) is 1.67. The number of nitrogens with two attached hydrogens (primary N) is 1. The van der Waals surface area contributed by atoms with Gasteiger partial charge in [0, 0.05) is 0 Å². The average molecular weight is 195 g/mol. The van der Waals surface area contributed by atoms with Gasteiger partial charge in [0.15, 0.2) is 6.29 Å². The van der Waals surface area contributed by atoms with Gasteiger partial charge in [0.25, 0.3) is 0 Å². The Morgan fingerprint density at radius 1 is 1.31 bits per heavy atom. The lowest BCUT2D eigenvalue weighted by molar-refractivity contribution is -0.345. The molecular formula is C6H13NO6. The van der Waals surface area contributed by atoms with Crippen LogP contribution in [0.2, 0.25) is 0 Å². The van der Waals surface area contributed by atoms with Crippen molar-refractivity contribution in [1.29, 1.82) is 0 Å². The van der Waals surface area contributed by atoms with Gasteiger partial charge in [-0.15, -0.1) is 0 Å². The molecule has 1 aliphatic rings. The van der Waals surface area contributed by atoms with E-state index in [4.69, 9.17) is 15.9 Å². The molecule has 0 radical (unpaired) electrons. The van der Waals surface area contributed by atoms with Crippen molar-refractivity contribution in [2.75, 3.05) is 6.61 Å². The number of hydrogen-bond donors (Lipinski definition) is 6. The molecule has 0 aromatic rings. The number of ether oxygens (including phenoxy) is 1. The summed E-state index contributed by atoms with van der Waals surface area (Å²) < 4.78 is 4.61. The van der Waals surface area contributed by atoms with Gasteiger partial charge in [0.1, 0.15) is 18.2 Å². The van der Waals surface area contributed by atoms with Crippen molar-refractivity contribution in [2.45, 2.75) is 30.3 Å². The summed E-state index contributed by atoms with van der Waals surface area (Å²) in [7, 11) is 0. The summed E-state index contributed by atoms with van der Waals surface area (Å²) in [6, 6.07) is -1.54. The number of rotatable bonds is 1. The van der Waals surface area contributed by atoms with E-state index in [-0.39, 0.29) is 0 Å². The highest BCUT2D eigenvalue weighted by Crippen LogP contribution is 2.25. The van der Waals surface area contributed by atoms with Crippen LogP contribution < -0.4 is 5.73 Å². The molecule has 0 aromatic heterocycles. The van der Waals surface area contributed by atoms with Crippen molar-refractivity contribution >= 4 is 0 Å². The molecule has 0 spiro atoms. The molecule has 7 N–H and O–H groups in total. The average Bonchev–Trinajstić information content (AvgIpc) is 2.09. The molecule has 13 heavy (non-hydrogen) atoms. The first-order chi connectivity index (χ1) is 5.91. The Bertz CT molecular complexity index is 186. The summed E-state index contributed by atoms with van der Waals surface area (Å²) in [5.41, 5.74) is 5.15. The fourth-order valence-corrected chi connectivity index (χ4v) is 1.16. The van der Waals surface area contributed by atoms with Crippen molar-refractivity contribution in [3.63, 3.8) is 0 Å². The van der Waals surface area contributed by atoms with Crippen LogP contribution >= 0.6 is 0 Å². The monoisotopic (exact) mass is 195 g/mol. The molecule has 1 aliphatic heterocycles. The number of aliphatic hydroxyl groups is 5. The minimum Gasteiger partial charge on any atom is -0.394 e. The summed E-state index contributed by atoms with van der Waals surface area (Å²) in [6.45, 7) is -0.645. The summed E-state index contributed by atoms with van der Waals surface area (Å²) in [5, 5.41) is 45.3. The van der Waals surface area contributed by atoms with E-state index < -0.39 is 36.9 Å². The van der Waals surface area contributed by atoms with Crippen molar-refractivity contribution in [2.24, 2.45) is 5.73 Å². The van der Waals surface area contributed by atoms with Gasteiger partial charge in [0.05, 0.1) is 6.61 Å². The number of aliphatic hydroxyl groups excluding tert-OH is 3. The highest BCUT2D eigenvalue weighted by Gasteiger charge is 2.52. The largest absolute Gasteiger partial charge is 0.394 e. The molecule has 0 saturated carbocycles. The summed E-state index contributed by atoms with van der Waals surface area (Å²) in [4.78, 5) is 0. The molecule has 1 fully saturated rings. The SMILES string of the molecule is N[C@H]1C(O)O[C@H](CO)[C@@H](O)C1(O)O. The van der Waals surface area contributed by atoms with Gasteiger partial charge < -0.3 is 36.0 Å². The van der Waals surface area contributed by atoms with E-state index in [0.717, 1.165) is 0 Å². The molecular weight excluding hydrogens is 182 g/mol. The van der Waals surface area contributed by atoms with Crippen LogP contribution in [-0.4, -0.2) is 62.5 Å². The topological polar surface area (TPSA) is 136 Å². The third-order valence-electron chi connectivity index (χ3n) is 2.08. The maximum Gasteiger partial charge on any atom is 0.212 e. The summed E-state index contributed by atoms with van der Waals surface area (Å²) in [6.07, 6.45) is -4.64. The van der Waals surface area contributed by atoms with Crippen molar-refractivity contribution in [3.8, 4) is 0 Å². The van der Waals surface area contributed by atoms with E-state index in [0.29, 0.717) is 0 Å². The second-order valence-corrected chi connectivity index (χ2v) is 3.00. The van der Waals surface area contributed by atoms with Gasteiger partial charge in [0.2, 0.25) is 5.79 Å². The normalized spacial score (nSPS) is 44.8. The zero-order valence-corrected chi connectivity index (χ0v) is 6.74. The first-order valence-electron chi connectivity index (χ1n) is 3.74. The molecule has 1 unspecified atom stereocenters. The first-order valence-corrected chi connectivity index (χ1v) is 3.74. The van der Waals surface area contributed by atoms with Crippen LogP contribution in [0.25, 0.3) is 0 Å². The maximum absolute atomic E-state index is 9.21. The van der Waals surface area contributed by atoms with E-state index in [1.165, 1.54) is 0 Å². The smallest absolute Gasteiger partial charge is 0.212 e. The Labute approximate surface area is 74.0 Å². The highest BCUT2D eigenvalue weighted by molar-refractivity contribution is 4.96. The quantitative estimate of drug-likeness (QED) is 0.235. The van der Waals surface area contributed by atoms with Crippen molar-refractivity contribution in [1.82, 2.24) is 0 Å². The van der Waals surface area contributed by atoms with Gasteiger partial charge >= 0.3 is 0 Å². The minimum atomic E-state index is -2.66. The highest BCUT2D eigenvalue weighted by atomic mass is 16.6. The second kappa shape index (κ2) is 3.46. The van der Waals surface area contributed by atoms with Gasteiger partial charge in [-0.1, -0.05) is 0 Å². The predicted octanol–water partition coefficient (Wildman–Crippen LogP) is -3.93. The van der Waals surface area contributed by atoms with Crippen molar-refractivity contribution < 1.29 is 30.3 Å². The first kappa shape index (κ1) is 10.8. The van der Waals surface area contributed by atoms with Gasteiger partial charge in [-0.25, -0.2) is 0 Å². The predicted molar refractivity (Wildman–Crippen MR) is 39.1 cm³/mol. The fraction of sp³-hybridized carbons (Fsp3) is 1.00. The van der Waals surface area contributed by atoms with Crippen molar-refractivity contribution in [3.05, 3.63) is 0 Å². The molecule has 0 amide bonds. The molecule has 7 nitrogen and oxygen atoms in total. The molecule has 0 aromatic carbocycles. The number of hydrogen-bond acceptors (Lipinski definition) is 7. The Morgan fingerprint density at radius 2 is 1.85 bits per heavy atom. The lowest BCUT2D eigenvalue weighted by Gasteiger charge is -2.43. The van der Waals surface area contributed by atoms with Crippen LogP contribution in [0.4, 0.5) is 0 Å². The summed E-state index contributed by atoms with van der Waals surface area (Å²) in [5.74, 6) is -2.66. The van der Waals surface area contributed by atoms with Crippen LogP contribution in [-0.2, 0) is 4.74 Å². The molecule has 1 rings (SSSR count). The van der Waals surface area contributed by atoms with E-state index >= 15 is 0 Å². The second-order valence-electron chi connectivity index (χ2n) is 3.00. The Kier molecular flexibility index (Phi) is 2.88.